The molecule has 1 aliphatic rings. The first-order valence-electron chi connectivity index (χ1n) is 7.28. The second-order valence-corrected chi connectivity index (χ2v) is 6.98. The van der Waals surface area contributed by atoms with Crippen LogP contribution >= 0.6 is 11.8 Å². The highest BCUT2D eigenvalue weighted by Crippen LogP contribution is 2.42. The first kappa shape index (κ1) is 14.4. The van der Waals surface area contributed by atoms with Gasteiger partial charge in [0.25, 0.3) is 0 Å². The normalized spacial score (nSPS) is 16.5. The molecule has 1 aliphatic carbocycles. The summed E-state index contributed by atoms with van der Waals surface area (Å²) in [6.07, 6.45) is 6.11. The van der Waals surface area contributed by atoms with Crippen LogP contribution in [0.15, 0.2) is 18.2 Å². The van der Waals surface area contributed by atoms with Crippen LogP contribution in [0.25, 0.3) is 5.82 Å². The van der Waals surface area contributed by atoms with E-state index in [2.05, 4.69) is 26.9 Å². The van der Waals surface area contributed by atoms with Gasteiger partial charge in [0.2, 0.25) is 0 Å². The van der Waals surface area contributed by atoms with Gasteiger partial charge in [0.15, 0.2) is 5.82 Å². The molecular formula is C15H21N5S. The average Bonchev–Trinajstić information content (AvgIpc) is 2.78. The lowest BCUT2D eigenvalue weighted by Crippen LogP contribution is -2.40. The zero-order valence-electron chi connectivity index (χ0n) is 12.8. The number of hydrogen-bond acceptors (Lipinski definition) is 5. The number of rotatable bonds is 5. The molecule has 0 amide bonds. The quantitative estimate of drug-likeness (QED) is 0.920. The number of aryl methyl sites for hydroxylation is 2. The average molecular weight is 303 g/mol. The summed E-state index contributed by atoms with van der Waals surface area (Å²) in [6, 6.07) is 5.97. The van der Waals surface area contributed by atoms with Crippen LogP contribution in [0.3, 0.4) is 0 Å². The van der Waals surface area contributed by atoms with Gasteiger partial charge in [-0.15, -0.1) is 10.2 Å². The van der Waals surface area contributed by atoms with Crippen molar-refractivity contribution >= 4 is 17.6 Å². The molecule has 0 unspecified atom stereocenters. The highest BCUT2D eigenvalue weighted by molar-refractivity contribution is 8.00. The lowest BCUT2D eigenvalue weighted by molar-refractivity contribution is 0.379. The summed E-state index contributed by atoms with van der Waals surface area (Å²) in [5.41, 5.74) is 2.06. The number of anilines is 1. The fraction of sp³-hybridized carbons (Fsp3) is 0.533. The van der Waals surface area contributed by atoms with E-state index in [4.69, 9.17) is 0 Å². The molecule has 1 saturated carbocycles. The van der Waals surface area contributed by atoms with Crippen molar-refractivity contribution in [3.8, 4) is 5.82 Å². The molecule has 2 heterocycles. The van der Waals surface area contributed by atoms with Crippen molar-refractivity contribution in [3.63, 3.8) is 0 Å². The Morgan fingerprint density at radius 1 is 1.29 bits per heavy atom. The Kier molecular flexibility index (Phi) is 3.89. The molecule has 112 valence electrons. The zero-order chi connectivity index (χ0) is 14.9. The predicted molar refractivity (Wildman–Crippen MR) is 87.2 cm³/mol. The summed E-state index contributed by atoms with van der Waals surface area (Å²) in [6.45, 7) is 4.96. The van der Waals surface area contributed by atoms with Crippen LogP contribution in [0, 0.1) is 13.8 Å². The van der Waals surface area contributed by atoms with E-state index in [1.165, 1.54) is 19.3 Å². The summed E-state index contributed by atoms with van der Waals surface area (Å²) in [7, 11) is 0. The van der Waals surface area contributed by atoms with E-state index in [-0.39, 0.29) is 0 Å². The van der Waals surface area contributed by atoms with Crippen LogP contribution in [0.4, 0.5) is 5.82 Å². The highest BCUT2D eigenvalue weighted by atomic mass is 32.2. The molecule has 5 nitrogen and oxygen atoms in total. The van der Waals surface area contributed by atoms with Crippen LogP contribution in [-0.4, -0.2) is 37.5 Å². The monoisotopic (exact) mass is 303 g/mol. The molecule has 6 heteroatoms. The van der Waals surface area contributed by atoms with Gasteiger partial charge in [-0.2, -0.15) is 16.9 Å². The van der Waals surface area contributed by atoms with Gasteiger partial charge in [-0.1, -0.05) is 6.42 Å². The molecule has 0 spiro atoms. The third kappa shape index (κ3) is 2.90. The van der Waals surface area contributed by atoms with Gasteiger partial charge in [-0.3, -0.25) is 0 Å². The fourth-order valence-corrected chi connectivity index (χ4v) is 3.58. The minimum Gasteiger partial charge on any atom is -0.367 e. The van der Waals surface area contributed by atoms with Gasteiger partial charge in [0, 0.05) is 17.0 Å². The molecule has 0 saturated heterocycles. The zero-order valence-corrected chi connectivity index (χ0v) is 13.6. The Bertz CT molecular complexity index is 610. The maximum absolute atomic E-state index is 4.42. The van der Waals surface area contributed by atoms with Crippen molar-refractivity contribution in [3.05, 3.63) is 29.6 Å². The second kappa shape index (κ2) is 5.67. The van der Waals surface area contributed by atoms with Crippen LogP contribution in [0.5, 0.6) is 0 Å². The molecule has 0 aromatic carbocycles. The Morgan fingerprint density at radius 3 is 2.57 bits per heavy atom. The summed E-state index contributed by atoms with van der Waals surface area (Å²) >= 11 is 1.96. The Labute approximate surface area is 129 Å². The number of nitrogens with zero attached hydrogens (tertiary/aromatic N) is 4. The Hall–Kier alpha value is -1.56. The van der Waals surface area contributed by atoms with E-state index in [9.17, 15) is 0 Å². The van der Waals surface area contributed by atoms with Crippen molar-refractivity contribution in [2.24, 2.45) is 0 Å². The maximum Gasteiger partial charge on any atom is 0.176 e. The molecule has 2 aromatic heterocycles. The first-order chi connectivity index (χ1) is 10.1. The minimum absolute atomic E-state index is 0.399. The van der Waals surface area contributed by atoms with Crippen molar-refractivity contribution in [1.82, 2.24) is 20.0 Å². The van der Waals surface area contributed by atoms with Crippen LogP contribution in [0.2, 0.25) is 0 Å². The van der Waals surface area contributed by atoms with Crippen molar-refractivity contribution in [2.75, 3.05) is 18.1 Å². The van der Waals surface area contributed by atoms with Crippen molar-refractivity contribution < 1.29 is 0 Å². The molecule has 3 rings (SSSR count). The smallest absolute Gasteiger partial charge is 0.176 e. The van der Waals surface area contributed by atoms with Gasteiger partial charge in [0.1, 0.15) is 5.82 Å². The second-order valence-electron chi connectivity index (χ2n) is 5.71. The van der Waals surface area contributed by atoms with Gasteiger partial charge in [0.05, 0.1) is 5.69 Å². The fourth-order valence-electron chi connectivity index (χ4n) is 2.67. The van der Waals surface area contributed by atoms with Gasteiger partial charge in [-0.05, 0) is 51.1 Å². The van der Waals surface area contributed by atoms with Crippen molar-refractivity contribution in [1.29, 1.82) is 0 Å². The molecule has 21 heavy (non-hydrogen) atoms. The lowest BCUT2D eigenvalue weighted by atomic mass is 9.84. The van der Waals surface area contributed by atoms with E-state index in [0.29, 0.717) is 4.75 Å². The minimum atomic E-state index is 0.399. The summed E-state index contributed by atoms with van der Waals surface area (Å²) in [5.74, 6) is 1.59. The molecule has 1 fully saturated rings. The molecular weight excluding hydrogens is 282 g/mol. The highest BCUT2D eigenvalue weighted by Gasteiger charge is 2.35. The standard InChI is InChI=1S/C15H21N5S/c1-11-9-12(2)20(19-11)14-6-5-13(17-18-14)16-10-15(21-3)7-4-8-15/h5-6,9H,4,7-8,10H2,1-3H3,(H,16,17). The SMILES string of the molecule is CSC1(CNc2ccc(-n3nc(C)cc3C)nn2)CCC1. The number of nitrogens with one attached hydrogen (secondary N) is 1. The number of thioether (sulfide) groups is 1. The first-order valence-corrected chi connectivity index (χ1v) is 8.51. The van der Waals surface area contributed by atoms with Crippen LogP contribution in [0.1, 0.15) is 30.7 Å². The van der Waals surface area contributed by atoms with Gasteiger partial charge < -0.3 is 5.32 Å². The Morgan fingerprint density at radius 2 is 2.10 bits per heavy atom. The summed E-state index contributed by atoms with van der Waals surface area (Å²) in [5, 5.41) is 16.4. The predicted octanol–water partition coefficient (Wildman–Crippen LogP) is 2.98. The summed E-state index contributed by atoms with van der Waals surface area (Å²) < 4.78 is 2.22. The van der Waals surface area contributed by atoms with E-state index in [1.54, 1.807) is 0 Å². The lowest BCUT2D eigenvalue weighted by Gasteiger charge is -2.40. The molecule has 2 aromatic rings. The Balaban J connectivity index is 1.68. The van der Waals surface area contributed by atoms with E-state index in [0.717, 1.165) is 29.6 Å². The van der Waals surface area contributed by atoms with E-state index >= 15 is 0 Å². The third-order valence-corrected chi connectivity index (χ3v) is 5.59. The molecule has 1 N–H and O–H groups in total. The van der Waals surface area contributed by atoms with E-state index in [1.807, 2.05) is 48.5 Å². The van der Waals surface area contributed by atoms with E-state index < -0.39 is 0 Å². The number of aromatic nitrogens is 4. The number of hydrogen-bond donors (Lipinski definition) is 1. The van der Waals surface area contributed by atoms with Gasteiger partial charge >= 0.3 is 0 Å². The molecule has 0 aliphatic heterocycles. The van der Waals surface area contributed by atoms with Crippen molar-refractivity contribution in [2.45, 2.75) is 37.9 Å². The molecule has 0 radical (unpaired) electrons. The third-order valence-electron chi connectivity index (χ3n) is 4.17. The van der Waals surface area contributed by atoms with Crippen LogP contribution in [-0.2, 0) is 0 Å². The molecule has 0 bridgehead atoms. The summed E-state index contributed by atoms with van der Waals surface area (Å²) in [4.78, 5) is 0. The van der Waals surface area contributed by atoms with Crippen LogP contribution < -0.4 is 5.32 Å². The topological polar surface area (TPSA) is 55.6 Å². The molecule has 0 atom stereocenters. The largest absolute Gasteiger partial charge is 0.367 e. The van der Waals surface area contributed by atoms with Gasteiger partial charge in [-0.25, -0.2) is 4.68 Å². The maximum atomic E-state index is 4.42.